The molecule has 3 aromatic rings. The van der Waals surface area contributed by atoms with Crippen molar-refractivity contribution in [3.63, 3.8) is 0 Å². The van der Waals surface area contributed by atoms with Crippen molar-refractivity contribution in [1.82, 2.24) is 15.3 Å². The average molecular weight is 419 g/mol. The highest BCUT2D eigenvalue weighted by Gasteiger charge is 2.34. The van der Waals surface area contributed by atoms with E-state index >= 15 is 0 Å². The molecule has 2 heterocycles. The number of hydrogen-bond acceptors (Lipinski definition) is 6. The third-order valence-electron chi connectivity index (χ3n) is 4.93. The fourth-order valence-electron chi connectivity index (χ4n) is 3.37. The average Bonchev–Trinajstić information content (AvgIpc) is 2.78. The molecule has 0 fully saturated rings. The molecule has 2 amide bonds. The number of amides is 2. The van der Waals surface area contributed by atoms with E-state index in [1.807, 2.05) is 30.3 Å². The lowest BCUT2D eigenvalue weighted by Crippen LogP contribution is -2.39. The van der Waals surface area contributed by atoms with Crippen molar-refractivity contribution in [2.24, 2.45) is 0 Å². The van der Waals surface area contributed by atoms with Gasteiger partial charge in [0.2, 0.25) is 17.8 Å². The van der Waals surface area contributed by atoms with Gasteiger partial charge >= 0.3 is 0 Å². The minimum absolute atomic E-state index is 0.0795. The van der Waals surface area contributed by atoms with Crippen LogP contribution in [0.25, 0.3) is 0 Å². The van der Waals surface area contributed by atoms with E-state index in [9.17, 15) is 14.4 Å². The number of nitrogens with zero attached hydrogens (tertiary/aromatic N) is 1. The number of ether oxygens (including phenoxy) is 1. The lowest BCUT2D eigenvalue weighted by Gasteiger charge is -2.23. The summed E-state index contributed by atoms with van der Waals surface area (Å²) < 4.78 is 5.12. The Hall–Kier alpha value is -4.14. The number of benzene rings is 2. The van der Waals surface area contributed by atoms with Gasteiger partial charge in [0.15, 0.2) is 0 Å². The molecule has 9 heteroatoms. The molecule has 1 aliphatic heterocycles. The molecule has 0 saturated carbocycles. The zero-order valence-electron chi connectivity index (χ0n) is 16.8. The molecule has 0 spiro atoms. The predicted octanol–water partition coefficient (Wildman–Crippen LogP) is 2.26. The highest BCUT2D eigenvalue weighted by Crippen LogP contribution is 2.29. The van der Waals surface area contributed by atoms with Crippen LogP contribution in [0.5, 0.6) is 5.75 Å². The van der Waals surface area contributed by atoms with Gasteiger partial charge in [-0.1, -0.05) is 30.3 Å². The zero-order chi connectivity index (χ0) is 21.8. The first-order valence-electron chi connectivity index (χ1n) is 9.70. The highest BCUT2D eigenvalue weighted by atomic mass is 16.5. The van der Waals surface area contributed by atoms with E-state index in [1.165, 1.54) is 0 Å². The number of fused-ring (bicyclic) bond motifs is 1. The Kier molecular flexibility index (Phi) is 5.65. The summed E-state index contributed by atoms with van der Waals surface area (Å²) >= 11 is 0. The van der Waals surface area contributed by atoms with Crippen LogP contribution in [0.2, 0.25) is 0 Å². The van der Waals surface area contributed by atoms with E-state index in [1.54, 1.807) is 31.4 Å². The molecule has 1 atom stereocenters. The SMILES string of the molecule is COc1ccc(Nc2nc3c(c(=O)[nH]2)[C@@H](C(=O)NCc2ccccc2)CC(=O)N3)cc1. The van der Waals surface area contributed by atoms with Crippen LogP contribution in [-0.4, -0.2) is 28.9 Å². The molecule has 0 saturated heterocycles. The Labute approximate surface area is 177 Å². The van der Waals surface area contributed by atoms with Crippen LogP contribution < -0.4 is 26.2 Å². The maximum Gasteiger partial charge on any atom is 0.258 e. The first-order valence-corrected chi connectivity index (χ1v) is 9.70. The van der Waals surface area contributed by atoms with Crippen LogP contribution >= 0.6 is 0 Å². The number of carbonyl (C=O) groups excluding carboxylic acids is 2. The van der Waals surface area contributed by atoms with Gasteiger partial charge in [0, 0.05) is 18.7 Å². The summed E-state index contributed by atoms with van der Waals surface area (Å²) in [5.74, 6) is -0.771. The minimum Gasteiger partial charge on any atom is -0.497 e. The third kappa shape index (κ3) is 4.55. The molecule has 31 heavy (non-hydrogen) atoms. The predicted molar refractivity (Wildman–Crippen MR) is 115 cm³/mol. The van der Waals surface area contributed by atoms with Crippen molar-refractivity contribution in [1.29, 1.82) is 0 Å². The van der Waals surface area contributed by atoms with Gasteiger partial charge in [-0.25, -0.2) is 0 Å². The molecule has 0 radical (unpaired) electrons. The molecule has 1 aliphatic rings. The van der Waals surface area contributed by atoms with E-state index < -0.39 is 17.4 Å². The minimum atomic E-state index is -0.918. The lowest BCUT2D eigenvalue weighted by molar-refractivity contribution is -0.126. The second-order valence-electron chi connectivity index (χ2n) is 7.04. The Morgan fingerprint density at radius 1 is 1.13 bits per heavy atom. The highest BCUT2D eigenvalue weighted by molar-refractivity contribution is 6.00. The standard InChI is InChI=1S/C22H21N5O4/c1-31-15-9-7-14(8-10-15)24-22-26-19-18(21(30)27-22)16(11-17(28)25-19)20(29)23-12-13-5-3-2-4-6-13/h2-10,16H,11-12H2,1H3,(H,23,29)(H3,24,25,26,27,28,30)/t16-/m0/s1. The molecule has 4 N–H and O–H groups in total. The van der Waals surface area contributed by atoms with Gasteiger partial charge in [-0.2, -0.15) is 4.98 Å². The number of hydrogen-bond donors (Lipinski definition) is 4. The van der Waals surface area contributed by atoms with Crippen LogP contribution in [0, 0.1) is 0 Å². The number of rotatable bonds is 6. The number of methoxy groups -OCH3 is 1. The fourth-order valence-corrected chi connectivity index (χ4v) is 3.37. The van der Waals surface area contributed by atoms with Crippen molar-refractivity contribution < 1.29 is 14.3 Å². The summed E-state index contributed by atoms with van der Waals surface area (Å²) in [5.41, 5.74) is 1.25. The summed E-state index contributed by atoms with van der Waals surface area (Å²) in [5, 5.41) is 8.37. The Balaban J connectivity index is 1.56. The number of aromatic nitrogens is 2. The van der Waals surface area contributed by atoms with Gasteiger partial charge in [-0.15, -0.1) is 0 Å². The van der Waals surface area contributed by atoms with Crippen molar-refractivity contribution in [3.05, 3.63) is 76.1 Å². The van der Waals surface area contributed by atoms with Gasteiger partial charge in [0.05, 0.1) is 18.6 Å². The zero-order valence-corrected chi connectivity index (χ0v) is 16.8. The van der Waals surface area contributed by atoms with E-state index in [0.717, 1.165) is 5.56 Å². The van der Waals surface area contributed by atoms with Crippen LogP contribution in [0.3, 0.4) is 0 Å². The van der Waals surface area contributed by atoms with Crippen molar-refractivity contribution in [2.75, 3.05) is 17.7 Å². The van der Waals surface area contributed by atoms with E-state index in [-0.39, 0.29) is 29.7 Å². The molecular weight excluding hydrogens is 398 g/mol. The number of anilines is 3. The molecular formula is C22H21N5O4. The topological polar surface area (TPSA) is 125 Å². The van der Waals surface area contributed by atoms with E-state index in [4.69, 9.17) is 4.74 Å². The largest absolute Gasteiger partial charge is 0.497 e. The monoisotopic (exact) mass is 419 g/mol. The molecule has 4 rings (SSSR count). The van der Waals surface area contributed by atoms with Gasteiger partial charge in [-0.3, -0.25) is 19.4 Å². The summed E-state index contributed by atoms with van der Waals surface area (Å²) in [7, 11) is 1.57. The molecule has 0 unspecified atom stereocenters. The van der Waals surface area contributed by atoms with E-state index in [2.05, 4.69) is 25.9 Å². The summed E-state index contributed by atoms with van der Waals surface area (Å²) in [4.78, 5) is 44.7. The van der Waals surface area contributed by atoms with Gasteiger partial charge in [-0.05, 0) is 29.8 Å². The smallest absolute Gasteiger partial charge is 0.258 e. The Morgan fingerprint density at radius 2 is 1.87 bits per heavy atom. The summed E-state index contributed by atoms with van der Waals surface area (Å²) in [6.07, 6.45) is -0.121. The fraction of sp³-hybridized carbons (Fsp3) is 0.182. The van der Waals surface area contributed by atoms with Gasteiger partial charge < -0.3 is 20.7 Å². The van der Waals surface area contributed by atoms with Crippen molar-refractivity contribution >= 4 is 29.3 Å². The van der Waals surface area contributed by atoms with Crippen LogP contribution in [0.15, 0.2) is 59.4 Å². The number of nitrogens with one attached hydrogen (secondary N) is 4. The third-order valence-corrected chi connectivity index (χ3v) is 4.93. The second-order valence-corrected chi connectivity index (χ2v) is 7.04. The normalized spacial score (nSPS) is 14.9. The molecule has 0 bridgehead atoms. The van der Waals surface area contributed by atoms with Crippen LogP contribution in [-0.2, 0) is 16.1 Å². The van der Waals surface area contributed by atoms with Gasteiger partial charge in [0.25, 0.3) is 5.56 Å². The van der Waals surface area contributed by atoms with Crippen LogP contribution in [0.4, 0.5) is 17.5 Å². The first kappa shape index (κ1) is 20.1. The summed E-state index contributed by atoms with van der Waals surface area (Å²) in [6, 6.07) is 16.4. The van der Waals surface area contributed by atoms with Gasteiger partial charge in [0.1, 0.15) is 11.6 Å². The Morgan fingerprint density at radius 3 is 2.58 bits per heavy atom. The summed E-state index contributed by atoms with van der Waals surface area (Å²) in [6.45, 7) is 0.301. The number of aromatic amines is 1. The molecule has 0 aliphatic carbocycles. The van der Waals surface area contributed by atoms with Crippen molar-refractivity contribution in [2.45, 2.75) is 18.9 Å². The molecule has 1 aromatic heterocycles. The van der Waals surface area contributed by atoms with Crippen LogP contribution in [0.1, 0.15) is 23.5 Å². The molecule has 158 valence electrons. The Bertz CT molecular complexity index is 1160. The molecule has 9 nitrogen and oxygen atoms in total. The number of H-pyrrole nitrogens is 1. The molecule has 2 aromatic carbocycles. The lowest BCUT2D eigenvalue weighted by atomic mass is 9.92. The first-order chi connectivity index (χ1) is 15.0. The quantitative estimate of drug-likeness (QED) is 0.486. The maximum atomic E-state index is 12.8. The number of carbonyl (C=O) groups is 2. The second kappa shape index (κ2) is 8.70. The van der Waals surface area contributed by atoms with Crippen molar-refractivity contribution in [3.8, 4) is 5.75 Å². The maximum absolute atomic E-state index is 12.8. The van der Waals surface area contributed by atoms with E-state index in [0.29, 0.717) is 18.0 Å².